The summed E-state index contributed by atoms with van der Waals surface area (Å²) in [6.45, 7) is 6.15. The molecule has 0 bridgehead atoms. The number of hydrogen-bond donors (Lipinski definition) is 0. The summed E-state index contributed by atoms with van der Waals surface area (Å²) in [7, 11) is 0. The Morgan fingerprint density at radius 1 is 1.06 bits per heavy atom. The summed E-state index contributed by atoms with van der Waals surface area (Å²) in [6.07, 6.45) is 0.686. The van der Waals surface area contributed by atoms with Crippen LogP contribution in [0.15, 0.2) is 60.7 Å². The highest BCUT2D eigenvalue weighted by atomic mass is 35.5. The van der Waals surface area contributed by atoms with Crippen molar-refractivity contribution < 1.29 is 4.79 Å². The lowest BCUT2D eigenvalue weighted by Gasteiger charge is -2.26. The zero-order chi connectivity index (χ0) is 22.0. The van der Waals surface area contributed by atoms with Gasteiger partial charge >= 0.3 is 0 Å². The van der Waals surface area contributed by atoms with Crippen molar-refractivity contribution in [3.63, 3.8) is 0 Å². The Morgan fingerprint density at radius 2 is 1.77 bits per heavy atom. The fraction of sp³-hybridized carbons (Fsp3) is 0.250. The Kier molecular flexibility index (Phi) is 6.00. The Bertz CT molecular complexity index is 1200. The number of aryl methyl sites for hydroxylation is 2. The number of halogens is 1. The van der Waals surface area contributed by atoms with E-state index in [1.807, 2.05) is 69.3 Å². The van der Waals surface area contributed by atoms with Crippen LogP contribution >= 0.6 is 11.6 Å². The molecule has 0 aliphatic rings. The average molecular weight is 434 g/mol. The molecule has 0 radical (unpaired) electrons. The quantitative estimate of drug-likeness (QED) is 0.423. The molecular weight excluding hydrogens is 410 g/mol. The van der Waals surface area contributed by atoms with Gasteiger partial charge < -0.3 is 4.90 Å². The molecule has 2 aromatic heterocycles. The molecule has 0 unspecified atom stereocenters. The van der Waals surface area contributed by atoms with Crippen molar-refractivity contribution in [3.05, 3.63) is 88.5 Å². The summed E-state index contributed by atoms with van der Waals surface area (Å²) in [5, 5.41) is 5.22. The number of rotatable bonds is 6. The summed E-state index contributed by atoms with van der Waals surface area (Å²) in [4.78, 5) is 24.5. The Morgan fingerprint density at radius 3 is 2.45 bits per heavy atom. The smallest absolute Gasteiger partial charge is 0.252 e. The van der Waals surface area contributed by atoms with Gasteiger partial charge in [0.15, 0.2) is 5.82 Å². The third-order valence-electron chi connectivity index (χ3n) is 5.27. The molecule has 0 aliphatic carbocycles. The molecule has 158 valence electrons. The van der Waals surface area contributed by atoms with Crippen molar-refractivity contribution in [2.75, 3.05) is 4.90 Å². The predicted molar refractivity (Wildman–Crippen MR) is 122 cm³/mol. The minimum atomic E-state index is -0.268. The maximum absolute atomic E-state index is 13.7. The third-order valence-corrected chi connectivity index (χ3v) is 5.53. The molecule has 0 aliphatic heterocycles. The van der Waals surface area contributed by atoms with Crippen molar-refractivity contribution >= 4 is 29.0 Å². The molecule has 4 aromatic rings. The van der Waals surface area contributed by atoms with Gasteiger partial charge in [0.05, 0.1) is 12.5 Å². The van der Waals surface area contributed by atoms with E-state index in [4.69, 9.17) is 11.6 Å². The Labute approximate surface area is 186 Å². The van der Waals surface area contributed by atoms with Crippen LogP contribution in [0.1, 0.15) is 42.0 Å². The number of carbonyl (C=O) groups is 1. The first-order chi connectivity index (χ1) is 15.0. The van der Waals surface area contributed by atoms with Gasteiger partial charge in [0.25, 0.3) is 5.78 Å². The first kappa shape index (κ1) is 21.0. The van der Waals surface area contributed by atoms with E-state index in [9.17, 15) is 4.79 Å². The number of anilines is 1. The number of fused-ring (bicyclic) bond motifs is 1. The van der Waals surface area contributed by atoms with Crippen LogP contribution in [-0.4, -0.2) is 25.5 Å². The lowest BCUT2D eigenvalue weighted by Crippen LogP contribution is -2.35. The molecule has 0 fully saturated rings. The highest BCUT2D eigenvalue weighted by Crippen LogP contribution is 2.27. The second kappa shape index (κ2) is 8.86. The maximum atomic E-state index is 13.7. The third kappa shape index (κ3) is 4.44. The lowest BCUT2D eigenvalue weighted by molar-refractivity contribution is -0.120. The Balaban J connectivity index is 1.73. The molecule has 7 heteroatoms. The summed E-state index contributed by atoms with van der Waals surface area (Å²) >= 11 is 6.09. The second-order valence-corrected chi connectivity index (χ2v) is 7.99. The molecule has 31 heavy (non-hydrogen) atoms. The summed E-state index contributed by atoms with van der Waals surface area (Å²) < 4.78 is 1.71. The normalized spacial score (nSPS) is 12.1. The van der Waals surface area contributed by atoms with Gasteiger partial charge in [-0.15, -0.1) is 5.10 Å². The summed E-state index contributed by atoms with van der Waals surface area (Å²) in [5.41, 5.74) is 3.57. The first-order valence-electron chi connectivity index (χ1n) is 10.3. The zero-order valence-electron chi connectivity index (χ0n) is 17.8. The van der Waals surface area contributed by atoms with E-state index < -0.39 is 0 Å². The molecule has 6 nitrogen and oxygen atoms in total. The SMILES string of the molecule is CC[C@H](C(=O)N(Cc1nc2nc(C)cc(C)n2n1)c1ccc(Cl)cc1)c1ccccc1. The maximum Gasteiger partial charge on any atom is 0.252 e. The fourth-order valence-electron chi connectivity index (χ4n) is 3.76. The van der Waals surface area contributed by atoms with Crippen LogP contribution in [0.25, 0.3) is 5.78 Å². The number of hydrogen-bond acceptors (Lipinski definition) is 4. The van der Waals surface area contributed by atoms with Gasteiger partial charge in [0.2, 0.25) is 5.91 Å². The highest BCUT2D eigenvalue weighted by molar-refractivity contribution is 6.30. The molecule has 0 saturated carbocycles. The number of carbonyl (C=O) groups excluding carboxylic acids is 1. The van der Waals surface area contributed by atoms with Gasteiger partial charge in [-0.05, 0) is 56.2 Å². The fourth-order valence-corrected chi connectivity index (χ4v) is 3.89. The zero-order valence-corrected chi connectivity index (χ0v) is 18.5. The molecule has 4 rings (SSSR count). The molecule has 0 N–H and O–H groups in total. The largest absolute Gasteiger partial charge is 0.304 e. The van der Waals surface area contributed by atoms with Crippen molar-refractivity contribution in [1.29, 1.82) is 0 Å². The van der Waals surface area contributed by atoms with E-state index in [2.05, 4.69) is 15.1 Å². The van der Waals surface area contributed by atoms with Crippen LogP contribution in [0.5, 0.6) is 0 Å². The first-order valence-corrected chi connectivity index (χ1v) is 10.7. The van der Waals surface area contributed by atoms with Crippen molar-refractivity contribution in [2.24, 2.45) is 0 Å². The molecule has 2 heterocycles. The topological polar surface area (TPSA) is 63.4 Å². The molecule has 0 spiro atoms. The van der Waals surface area contributed by atoms with E-state index in [0.29, 0.717) is 23.0 Å². The number of aromatic nitrogens is 4. The van der Waals surface area contributed by atoms with Crippen LogP contribution in [0.3, 0.4) is 0 Å². The van der Waals surface area contributed by atoms with Crippen molar-refractivity contribution in [1.82, 2.24) is 19.6 Å². The second-order valence-electron chi connectivity index (χ2n) is 7.55. The van der Waals surface area contributed by atoms with E-state index in [0.717, 1.165) is 22.6 Å². The predicted octanol–water partition coefficient (Wildman–Crippen LogP) is 5.12. The minimum Gasteiger partial charge on any atom is -0.304 e. The van der Waals surface area contributed by atoms with E-state index in [1.54, 1.807) is 21.5 Å². The average Bonchev–Trinajstić information content (AvgIpc) is 3.17. The van der Waals surface area contributed by atoms with Gasteiger partial charge in [-0.3, -0.25) is 4.79 Å². The molecular formula is C24H24ClN5O. The van der Waals surface area contributed by atoms with E-state index >= 15 is 0 Å². The summed E-state index contributed by atoms with van der Waals surface area (Å²) in [5.74, 6) is 0.797. The molecule has 0 saturated heterocycles. The van der Waals surface area contributed by atoms with Crippen LogP contribution in [0.4, 0.5) is 5.69 Å². The van der Waals surface area contributed by atoms with Crippen molar-refractivity contribution in [2.45, 2.75) is 39.7 Å². The van der Waals surface area contributed by atoms with Crippen LogP contribution in [0, 0.1) is 13.8 Å². The lowest BCUT2D eigenvalue weighted by atomic mass is 9.94. The number of benzene rings is 2. The standard InChI is InChI=1S/C24H24ClN5O/c1-4-21(18-8-6-5-7-9-18)23(31)29(20-12-10-19(25)11-13-20)15-22-27-24-26-16(2)14-17(3)30(24)28-22/h5-14,21H,4,15H2,1-3H3/t21-/m0/s1. The molecule has 1 atom stereocenters. The van der Waals surface area contributed by atoms with Gasteiger partial charge in [-0.25, -0.2) is 9.50 Å². The van der Waals surface area contributed by atoms with Gasteiger partial charge in [-0.1, -0.05) is 48.9 Å². The van der Waals surface area contributed by atoms with Crippen LogP contribution in [-0.2, 0) is 11.3 Å². The Hall–Kier alpha value is -3.25. The van der Waals surface area contributed by atoms with E-state index in [-0.39, 0.29) is 18.4 Å². The van der Waals surface area contributed by atoms with Gasteiger partial charge in [0, 0.05) is 22.1 Å². The van der Waals surface area contributed by atoms with Crippen molar-refractivity contribution in [3.8, 4) is 0 Å². The molecule has 2 aromatic carbocycles. The van der Waals surface area contributed by atoms with Crippen LogP contribution < -0.4 is 4.90 Å². The highest BCUT2D eigenvalue weighted by Gasteiger charge is 2.27. The van der Waals surface area contributed by atoms with Gasteiger partial charge in [-0.2, -0.15) is 4.98 Å². The monoisotopic (exact) mass is 433 g/mol. The molecule has 1 amide bonds. The minimum absolute atomic E-state index is 0.00394. The van der Waals surface area contributed by atoms with Crippen LogP contribution in [0.2, 0.25) is 5.02 Å². The van der Waals surface area contributed by atoms with Gasteiger partial charge in [0.1, 0.15) is 0 Å². The van der Waals surface area contributed by atoms with E-state index in [1.165, 1.54) is 0 Å². The summed E-state index contributed by atoms with van der Waals surface area (Å²) in [6, 6.07) is 19.1. The number of amides is 1. The number of nitrogens with zero attached hydrogens (tertiary/aromatic N) is 5.